The Kier molecular flexibility index (Phi) is 2.95. The summed E-state index contributed by atoms with van der Waals surface area (Å²) in [4.78, 5) is 11.3. The Hall–Kier alpha value is -1.03. The average Bonchev–Trinajstić information content (AvgIpc) is 2.65. The van der Waals surface area contributed by atoms with Crippen molar-refractivity contribution in [2.45, 2.75) is 29.4 Å². The molecule has 4 heteroatoms. The second kappa shape index (κ2) is 4.23. The first-order valence-corrected chi connectivity index (χ1v) is 6.06. The van der Waals surface area contributed by atoms with Crippen LogP contribution in [-0.4, -0.2) is 15.2 Å². The predicted octanol–water partition coefficient (Wildman–Crippen LogP) is 2.05. The fraction of sp³-hybridized carbons (Fsp3) is 0.364. The van der Waals surface area contributed by atoms with Crippen molar-refractivity contribution < 1.29 is 13.4 Å². The van der Waals surface area contributed by atoms with Crippen molar-refractivity contribution in [3.63, 3.8) is 0 Å². The summed E-state index contributed by atoms with van der Waals surface area (Å²) in [5, 5.41) is -0.200. The molecule has 0 N–H and O–H groups in total. The maximum Gasteiger partial charge on any atom is 0.139 e. The fourth-order valence-electron chi connectivity index (χ4n) is 1.75. The molecule has 1 saturated carbocycles. The molecule has 15 heavy (non-hydrogen) atoms. The number of ketones is 1. The van der Waals surface area contributed by atoms with Crippen molar-refractivity contribution in [1.82, 2.24) is 0 Å². The predicted molar refractivity (Wildman–Crippen MR) is 55.5 cm³/mol. The van der Waals surface area contributed by atoms with Crippen molar-refractivity contribution in [2.24, 2.45) is 0 Å². The topological polar surface area (TPSA) is 34.1 Å². The van der Waals surface area contributed by atoms with E-state index < -0.39 is 16.6 Å². The molecule has 0 aromatic heterocycles. The monoisotopic (exact) mass is 226 g/mol. The van der Waals surface area contributed by atoms with E-state index in [4.69, 9.17) is 0 Å². The fourth-order valence-corrected chi connectivity index (χ4v) is 3.25. The van der Waals surface area contributed by atoms with Crippen LogP contribution in [0.1, 0.15) is 19.3 Å². The molecule has 2 unspecified atom stereocenters. The molecule has 0 bridgehead atoms. The highest BCUT2D eigenvalue weighted by Gasteiger charge is 2.29. The number of rotatable bonds is 2. The van der Waals surface area contributed by atoms with E-state index in [2.05, 4.69) is 0 Å². The van der Waals surface area contributed by atoms with Crippen molar-refractivity contribution in [2.75, 3.05) is 0 Å². The SMILES string of the molecule is O=C1CCC(S(=O)c2ccccc2F)C1. The first kappa shape index (κ1) is 10.5. The Bertz CT molecular complexity index is 417. The lowest BCUT2D eigenvalue weighted by Gasteiger charge is -2.08. The number of hydrogen-bond acceptors (Lipinski definition) is 2. The van der Waals surface area contributed by atoms with E-state index >= 15 is 0 Å². The zero-order chi connectivity index (χ0) is 10.8. The summed E-state index contributed by atoms with van der Waals surface area (Å²) in [6.45, 7) is 0. The summed E-state index contributed by atoms with van der Waals surface area (Å²) in [5.74, 6) is -0.320. The number of carbonyl (C=O) groups excluding carboxylic acids is 1. The first-order valence-electron chi connectivity index (χ1n) is 4.85. The van der Waals surface area contributed by atoms with Crippen molar-refractivity contribution in [1.29, 1.82) is 0 Å². The largest absolute Gasteiger partial charge is 0.300 e. The van der Waals surface area contributed by atoms with Gasteiger partial charge >= 0.3 is 0 Å². The molecule has 1 aliphatic rings. The molecule has 2 rings (SSSR count). The van der Waals surface area contributed by atoms with Crippen LogP contribution in [0.5, 0.6) is 0 Å². The van der Waals surface area contributed by atoms with Gasteiger partial charge in [-0.3, -0.25) is 9.00 Å². The van der Waals surface area contributed by atoms with Gasteiger partial charge in [-0.1, -0.05) is 12.1 Å². The molecule has 0 spiro atoms. The number of halogens is 1. The van der Waals surface area contributed by atoms with Gasteiger partial charge in [-0.15, -0.1) is 0 Å². The lowest BCUT2D eigenvalue weighted by molar-refractivity contribution is -0.117. The minimum Gasteiger partial charge on any atom is -0.300 e. The number of carbonyl (C=O) groups is 1. The maximum atomic E-state index is 13.3. The molecule has 1 fully saturated rings. The maximum absolute atomic E-state index is 13.3. The Labute approximate surface area is 90.0 Å². The van der Waals surface area contributed by atoms with Crippen LogP contribution in [0.25, 0.3) is 0 Å². The minimum atomic E-state index is -1.39. The summed E-state index contributed by atoms with van der Waals surface area (Å²) in [5.41, 5.74) is 0. The molecule has 80 valence electrons. The van der Waals surface area contributed by atoms with Gasteiger partial charge in [0, 0.05) is 18.1 Å². The number of Topliss-reactive ketones (excluding diaryl/α,β-unsaturated/α-hetero) is 1. The Morgan fingerprint density at radius 3 is 2.67 bits per heavy atom. The summed E-state index contributed by atoms with van der Waals surface area (Å²) >= 11 is 0. The van der Waals surface area contributed by atoms with Gasteiger partial charge in [0.15, 0.2) is 0 Å². The van der Waals surface area contributed by atoms with Crippen LogP contribution >= 0.6 is 0 Å². The second-order valence-corrected chi connectivity index (χ2v) is 5.33. The molecule has 2 nitrogen and oxygen atoms in total. The molecule has 1 aliphatic carbocycles. The van der Waals surface area contributed by atoms with Gasteiger partial charge in [-0.25, -0.2) is 4.39 Å². The van der Waals surface area contributed by atoms with Gasteiger partial charge in [0.25, 0.3) is 0 Å². The van der Waals surface area contributed by atoms with Gasteiger partial charge in [-0.2, -0.15) is 0 Å². The highest BCUT2D eigenvalue weighted by molar-refractivity contribution is 7.85. The van der Waals surface area contributed by atoms with Gasteiger partial charge in [-0.05, 0) is 18.6 Å². The van der Waals surface area contributed by atoms with Crippen molar-refractivity contribution >= 4 is 16.6 Å². The summed E-state index contributed by atoms with van der Waals surface area (Å²) in [7, 11) is -1.39. The summed E-state index contributed by atoms with van der Waals surface area (Å²) in [6.07, 6.45) is 1.41. The molecule has 0 radical (unpaired) electrons. The van der Waals surface area contributed by atoms with Gasteiger partial charge < -0.3 is 0 Å². The van der Waals surface area contributed by atoms with Crippen LogP contribution < -0.4 is 0 Å². The normalized spacial score (nSPS) is 23.0. The van der Waals surface area contributed by atoms with Gasteiger partial charge in [0.1, 0.15) is 11.6 Å². The van der Waals surface area contributed by atoms with E-state index in [1.165, 1.54) is 12.1 Å². The molecular weight excluding hydrogens is 215 g/mol. The highest BCUT2D eigenvalue weighted by Crippen LogP contribution is 2.25. The third-order valence-corrected chi connectivity index (χ3v) is 4.33. The Balaban J connectivity index is 2.21. The molecule has 0 aliphatic heterocycles. The van der Waals surface area contributed by atoms with E-state index in [-0.39, 0.29) is 15.9 Å². The van der Waals surface area contributed by atoms with Gasteiger partial charge in [0.05, 0.1) is 15.7 Å². The lowest BCUT2D eigenvalue weighted by Crippen LogP contribution is -2.12. The Morgan fingerprint density at radius 1 is 1.33 bits per heavy atom. The number of hydrogen-bond donors (Lipinski definition) is 0. The standard InChI is InChI=1S/C11H11FO2S/c12-10-3-1-2-4-11(10)15(14)9-6-5-8(13)7-9/h1-4,9H,5-7H2. The van der Waals surface area contributed by atoms with E-state index in [0.29, 0.717) is 19.3 Å². The smallest absolute Gasteiger partial charge is 0.139 e. The summed E-state index contributed by atoms with van der Waals surface area (Å²) < 4.78 is 25.2. The van der Waals surface area contributed by atoms with Crippen LogP contribution in [0.15, 0.2) is 29.2 Å². The van der Waals surface area contributed by atoms with Crippen LogP contribution in [-0.2, 0) is 15.6 Å². The molecule has 2 atom stereocenters. The molecule has 0 amide bonds. The zero-order valence-corrected chi connectivity index (χ0v) is 8.93. The van der Waals surface area contributed by atoms with Crippen LogP contribution in [0.4, 0.5) is 4.39 Å². The molecule has 1 aromatic rings. The number of benzene rings is 1. The van der Waals surface area contributed by atoms with Crippen LogP contribution in [0.2, 0.25) is 0 Å². The first-order chi connectivity index (χ1) is 7.18. The van der Waals surface area contributed by atoms with E-state index in [9.17, 15) is 13.4 Å². The van der Waals surface area contributed by atoms with Crippen LogP contribution in [0.3, 0.4) is 0 Å². The van der Waals surface area contributed by atoms with E-state index in [1.54, 1.807) is 12.1 Å². The van der Waals surface area contributed by atoms with Gasteiger partial charge in [0.2, 0.25) is 0 Å². The molecular formula is C11H11FO2S. The quantitative estimate of drug-likeness (QED) is 0.773. The van der Waals surface area contributed by atoms with Crippen molar-refractivity contribution in [3.05, 3.63) is 30.1 Å². The third kappa shape index (κ3) is 2.15. The molecule has 0 heterocycles. The van der Waals surface area contributed by atoms with E-state index in [1.807, 2.05) is 0 Å². The second-order valence-electron chi connectivity index (χ2n) is 3.63. The minimum absolute atomic E-state index is 0.129. The highest BCUT2D eigenvalue weighted by atomic mass is 32.2. The van der Waals surface area contributed by atoms with Crippen molar-refractivity contribution in [3.8, 4) is 0 Å². The lowest BCUT2D eigenvalue weighted by atomic mass is 10.3. The summed E-state index contributed by atoms with van der Waals surface area (Å²) in [6, 6.07) is 6.04. The van der Waals surface area contributed by atoms with E-state index in [0.717, 1.165) is 0 Å². The third-order valence-electron chi connectivity index (χ3n) is 2.56. The van der Waals surface area contributed by atoms with Crippen LogP contribution in [0, 0.1) is 5.82 Å². The molecule has 1 aromatic carbocycles. The zero-order valence-electron chi connectivity index (χ0n) is 8.11. The molecule has 0 saturated heterocycles. The Morgan fingerprint density at radius 2 is 2.07 bits per heavy atom. The average molecular weight is 226 g/mol.